The van der Waals surface area contributed by atoms with Crippen molar-refractivity contribution in [1.29, 1.82) is 0 Å². The second-order valence-electron chi connectivity index (χ2n) is 9.49. The highest BCUT2D eigenvalue weighted by molar-refractivity contribution is 8.14. The number of ketones is 1. The molecular weight excluding hydrogens is 531 g/mol. The van der Waals surface area contributed by atoms with Crippen LogP contribution in [0.4, 0.5) is 4.39 Å². The van der Waals surface area contributed by atoms with Crippen LogP contribution < -0.4 is 0 Å². The van der Waals surface area contributed by atoms with Crippen LogP contribution in [-0.4, -0.2) is 61.7 Å². The number of hydrogen-bond acceptors (Lipinski definition) is 8. The average Bonchev–Trinajstić information content (AvgIpc) is 3.62. The number of aryl methyl sites for hydroxylation is 1. The van der Waals surface area contributed by atoms with Gasteiger partial charge >= 0.3 is 5.97 Å². The van der Waals surface area contributed by atoms with E-state index >= 15 is 0 Å². The SMILES string of the molecule is CCOC(=O)CCCn1cc(/C=C2/CN(C(C(=O)C3CC3)c3ccccc3F)CCC2SC(C)=O)nn1.Cl. The van der Waals surface area contributed by atoms with Crippen LogP contribution in [0.5, 0.6) is 0 Å². The van der Waals surface area contributed by atoms with E-state index in [0.29, 0.717) is 56.8 Å². The van der Waals surface area contributed by atoms with Crippen LogP contribution in [0.3, 0.4) is 0 Å². The molecule has 1 saturated heterocycles. The number of piperidine rings is 1. The highest BCUT2D eigenvalue weighted by Crippen LogP contribution is 2.40. The number of carbonyl (C=O) groups is 3. The summed E-state index contributed by atoms with van der Waals surface area (Å²) in [6, 6.07) is 5.84. The van der Waals surface area contributed by atoms with Gasteiger partial charge in [0.2, 0.25) is 0 Å². The third-order valence-corrected chi connectivity index (χ3v) is 7.72. The number of benzene rings is 1. The van der Waals surface area contributed by atoms with E-state index in [1.807, 2.05) is 11.0 Å². The van der Waals surface area contributed by atoms with Gasteiger partial charge in [-0.2, -0.15) is 0 Å². The van der Waals surface area contributed by atoms with Gasteiger partial charge in [0.15, 0.2) is 10.9 Å². The summed E-state index contributed by atoms with van der Waals surface area (Å²) in [5.41, 5.74) is 2.00. The van der Waals surface area contributed by atoms with Crippen LogP contribution >= 0.6 is 24.2 Å². The fourth-order valence-electron chi connectivity index (χ4n) is 4.69. The van der Waals surface area contributed by atoms with Gasteiger partial charge in [-0.3, -0.25) is 24.0 Å². The number of nitrogens with zero attached hydrogens (tertiary/aromatic N) is 4. The number of aromatic nitrogens is 3. The third kappa shape index (κ3) is 7.97. The Morgan fingerprint density at radius 3 is 2.68 bits per heavy atom. The molecule has 0 amide bonds. The zero-order valence-corrected chi connectivity index (χ0v) is 23.3. The highest BCUT2D eigenvalue weighted by atomic mass is 35.5. The number of ether oxygens (including phenoxy) is 1. The molecule has 1 saturated carbocycles. The largest absolute Gasteiger partial charge is 0.466 e. The maximum atomic E-state index is 14.8. The molecule has 4 rings (SSSR count). The second kappa shape index (κ2) is 14.0. The Labute approximate surface area is 232 Å². The van der Waals surface area contributed by atoms with Crippen molar-refractivity contribution in [2.24, 2.45) is 5.92 Å². The van der Waals surface area contributed by atoms with Crippen molar-refractivity contribution >= 4 is 47.1 Å². The summed E-state index contributed by atoms with van der Waals surface area (Å²) in [7, 11) is 0. The molecule has 0 spiro atoms. The topological polar surface area (TPSA) is 94.4 Å². The summed E-state index contributed by atoms with van der Waals surface area (Å²) in [5, 5.41) is 8.38. The van der Waals surface area contributed by atoms with Crippen LogP contribution in [-0.2, 0) is 25.7 Å². The molecule has 1 aromatic carbocycles. The molecule has 2 unspecified atom stereocenters. The summed E-state index contributed by atoms with van der Waals surface area (Å²) in [6.07, 6.45) is 6.97. The minimum absolute atomic E-state index is 0. The van der Waals surface area contributed by atoms with E-state index in [1.54, 1.807) is 42.9 Å². The number of rotatable bonds is 11. The third-order valence-electron chi connectivity index (χ3n) is 6.56. The molecule has 11 heteroatoms. The van der Waals surface area contributed by atoms with E-state index in [4.69, 9.17) is 4.74 Å². The van der Waals surface area contributed by atoms with Gasteiger partial charge in [0, 0.05) is 49.7 Å². The summed E-state index contributed by atoms with van der Waals surface area (Å²) in [5.74, 6) is -0.565. The first-order valence-corrected chi connectivity index (χ1v) is 13.7. The Morgan fingerprint density at radius 1 is 1.24 bits per heavy atom. The fraction of sp³-hybridized carbons (Fsp3) is 0.519. The fourth-order valence-corrected chi connectivity index (χ4v) is 5.61. The molecule has 1 aromatic heterocycles. The lowest BCUT2D eigenvalue weighted by Crippen LogP contribution is -2.43. The number of Topliss-reactive ketones (excluding diaryl/α,β-unsaturated/α-hetero) is 1. The Hall–Kier alpha value is -2.56. The van der Waals surface area contributed by atoms with Crippen molar-refractivity contribution in [3.63, 3.8) is 0 Å². The van der Waals surface area contributed by atoms with Crippen molar-refractivity contribution in [2.45, 2.75) is 63.8 Å². The Balaban J connectivity index is 0.00000400. The van der Waals surface area contributed by atoms with Crippen LogP contribution in [0.2, 0.25) is 0 Å². The van der Waals surface area contributed by atoms with E-state index in [1.165, 1.54) is 17.8 Å². The summed E-state index contributed by atoms with van der Waals surface area (Å²) in [6.45, 7) is 5.23. The van der Waals surface area contributed by atoms with E-state index in [0.717, 1.165) is 18.4 Å². The molecule has 1 aliphatic heterocycles. The lowest BCUT2D eigenvalue weighted by molar-refractivity contribution is -0.143. The van der Waals surface area contributed by atoms with Gasteiger partial charge < -0.3 is 4.74 Å². The summed E-state index contributed by atoms with van der Waals surface area (Å²) in [4.78, 5) is 38.9. The zero-order valence-electron chi connectivity index (χ0n) is 21.7. The molecule has 2 aromatic rings. The van der Waals surface area contributed by atoms with Gasteiger partial charge in [0.05, 0.1) is 18.8 Å². The van der Waals surface area contributed by atoms with Gasteiger partial charge in [-0.25, -0.2) is 4.39 Å². The first kappa shape index (κ1) is 30.0. The zero-order chi connectivity index (χ0) is 26.4. The van der Waals surface area contributed by atoms with E-state index in [-0.39, 0.29) is 46.3 Å². The average molecular weight is 565 g/mol. The number of hydrogen-bond donors (Lipinski definition) is 0. The van der Waals surface area contributed by atoms with Crippen LogP contribution in [0.1, 0.15) is 63.3 Å². The molecule has 0 bridgehead atoms. The Bertz CT molecular complexity index is 1170. The molecule has 0 N–H and O–H groups in total. The number of likely N-dealkylation sites (tertiary alicyclic amines) is 1. The van der Waals surface area contributed by atoms with Crippen LogP contribution in [0.25, 0.3) is 6.08 Å². The minimum Gasteiger partial charge on any atom is -0.466 e. The molecular formula is C27H34ClFN4O4S. The van der Waals surface area contributed by atoms with Gasteiger partial charge in [-0.05, 0) is 50.3 Å². The van der Waals surface area contributed by atoms with E-state index < -0.39 is 6.04 Å². The smallest absolute Gasteiger partial charge is 0.305 e. The van der Waals surface area contributed by atoms with Crippen molar-refractivity contribution in [1.82, 2.24) is 19.9 Å². The summed E-state index contributed by atoms with van der Waals surface area (Å²) >= 11 is 1.27. The van der Waals surface area contributed by atoms with Gasteiger partial charge in [0.25, 0.3) is 0 Å². The molecule has 1 aliphatic carbocycles. The normalized spacial score (nSPS) is 19.6. The van der Waals surface area contributed by atoms with Crippen LogP contribution in [0, 0.1) is 11.7 Å². The van der Waals surface area contributed by atoms with Crippen molar-refractivity contribution in [2.75, 3.05) is 19.7 Å². The number of esters is 1. The molecule has 2 aliphatic rings. The number of thioether (sulfide) groups is 1. The lowest BCUT2D eigenvalue weighted by Gasteiger charge is -2.38. The predicted octanol–water partition coefficient (Wildman–Crippen LogP) is 4.64. The van der Waals surface area contributed by atoms with Crippen molar-refractivity contribution < 1.29 is 23.5 Å². The first-order chi connectivity index (χ1) is 17.9. The van der Waals surface area contributed by atoms with Crippen molar-refractivity contribution in [3.05, 3.63) is 53.1 Å². The first-order valence-electron chi connectivity index (χ1n) is 12.8. The maximum Gasteiger partial charge on any atom is 0.305 e. The molecule has 0 radical (unpaired) electrons. The van der Waals surface area contributed by atoms with E-state index in [2.05, 4.69) is 10.3 Å². The Morgan fingerprint density at radius 2 is 2.00 bits per heavy atom. The lowest BCUT2D eigenvalue weighted by atomic mass is 9.93. The van der Waals surface area contributed by atoms with Gasteiger partial charge in [-0.1, -0.05) is 35.2 Å². The Kier molecular flexibility index (Phi) is 11.1. The van der Waals surface area contributed by atoms with E-state index in [9.17, 15) is 18.8 Å². The minimum atomic E-state index is -0.654. The molecule has 38 heavy (non-hydrogen) atoms. The second-order valence-corrected chi connectivity index (χ2v) is 10.9. The molecule has 8 nitrogen and oxygen atoms in total. The molecule has 2 atom stereocenters. The van der Waals surface area contributed by atoms with Crippen molar-refractivity contribution in [3.8, 4) is 0 Å². The molecule has 2 heterocycles. The monoisotopic (exact) mass is 564 g/mol. The number of halogens is 2. The molecule has 2 fully saturated rings. The quantitative estimate of drug-likeness (QED) is 0.364. The van der Waals surface area contributed by atoms with Gasteiger partial charge in [-0.15, -0.1) is 17.5 Å². The molecule has 206 valence electrons. The maximum absolute atomic E-state index is 14.8. The standard InChI is InChI=1S/C27H33FN4O4S.ClH/c1-3-36-25(34)9-6-13-32-17-21(29-30-32)15-20-16-31(14-12-24(20)37-18(2)33)26(27(35)19-10-11-19)22-7-4-5-8-23(22)28;/h4-5,7-8,15,17,19,24,26H,3,6,9-14,16H2,1-2H3;1H/b20-15-;. The number of carbonyl (C=O) groups excluding carboxylic acids is 3. The highest BCUT2D eigenvalue weighted by Gasteiger charge is 2.41. The predicted molar refractivity (Wildman–Crippen MR) is 146 cm³/mol. The van der Waals surface area contributed by atoms with Gasteiger partial charge in [0.1, 0.15) is 11.5 Å². The summed E-state index contributed by atoms with van der Waals surface area (Å²) < 4.78 is 21.5. The van der Waals surface area contributed by atoms with Crippen LogP contribution in [0.15, 0.2) is 36.0 Å².